The van der Waals surface area contributed by atoms with Gasteiger partial charge in [0.2, 0.25) is 0 Å². The molecule has 0 aromatic carbocycles. The standard InChI is InChI=1S/C22H25N9/c1-22(24-2,14-4-5-14)15-6-7-25-20(10-15)29-19-9-13-8-17(18-12-27-30-31(18)3)28-21(23)16(13)11-26-19/h6-12,14,24H,4-5H2,1-3H3,(H2,23,28)(H,25,26,29)/t22-/m1/s1. The van der Waals surface area contributed by atoms with E-state index in [1.165, 1.54) is 18.4 Å². The van der Waals surface area contributed by atoms with E-state index in [1.54, 1.807) is 17.1 Å². The van der Waals surface area contributed by atoms with Gasteiger partial charge in [-0.1, -0.05) is 5.21 Å². The van der Waals surface area contributed by atoms with Gasteiger partial charge in [0.15, 0.2) is 0 Å². The lowest BCUT2D eigenvalue weighted by atomic mass is 9.87. The number of nitrogens with two attached hydrogens (primary N) is 1. The van der Waals surface area contributed by atoms with Crippen molar-refractivity contribution in [2.24, 2.45) is 13.0 Å². The molecule has 1 atom stereocenters. The van der Waals surface area contributed by atoms with Gasteiger partial charge >= 0.3 is 0 Å². The van der Waals surface area contributed by atoms with E-state index < -0.39 is 0 Å². The molecule has 4 aromatic heterocycles. The first-order valence-electron chi connectivity index (χ1n) is 10.3. The quantitative estimate of drug-likeness (QED) is 0.440. The maximum atomic E-state index is 6.19. The molecule has 1 fully saturated rings. The van der Waals surface area contributed by atoms with Gasteiger partial charge < -0.3 is 16.4 Å². The molecule has 4 aromatic rings. The number of nitrogen functional groups attached to an aromatic ring is 1. The second-order valence-electron chi connectivity index (χ2n) is 8.21. The van der Waals surface area contributed by atoms with Crippen LogP contribution in [0.2, 0.25) is 0 Å². The van der Waals surface area contributed by atoms with Gasteiger partial charge in [0.05, 0.1) is 11.9 Å². The molecule has 0 unspecified atom stereocenters. The zero-order chi connectivity index (χ0) is 21.6. The van der Waals surface area contributed by atoms with Crippen LogP contribution in [0.5, 0.6) is 0 Å². The monoisotopic (exact) mass is 415 g/mol. The van der Waals surface area contributed by atoms with E-state index in [0.717, 1.165) is 22.3 Å². The highest BCUT2D eigenvalue weighted by Gasteiger charge is 2.41. The van der Waals surface area contributed by atoms with Crippen LogP contribution in [0.3, 0.4) is 0 Å². The van der Waals surface area contributed by atoms with E-state index in [1.807, 2.05) is 32.4 Å². The maximum Gasteiger partial charge on any atom is 0.133 e. The third-order valence-electron chi connectivity index (χ3n) is 6.25. The number of rotatable bonds is 6. The topological polar surface area (TPSA) is 119 Å². The molecular weight excluding hydrogens is 390 g/mol. The lowest BCUT2D eigenvalue weighted by Crippen LogP contribution is -2.39. The predicted molar refractivity (Wildman–Crippen MR) is 121 cm³/mol. The number of aryl methyl sites for hydroxylation is 1. The summed E-state index contributed by atoms with van der Waals surface area (Å²) in [6.45, 7) is 2.25. The van der Waals surface area contributed by atoms with Gasteiger partial charge in [-0.2, -0.15) is 0 Å². The highest BCUT2D eigenvalue weighted by atomic mass is 15.4. The van der Waals surface area contributed by atoms with Crippen molar-refractivity contribution < 1.29 is 0 Å². The van der Waals surface area contributed by atoms with Crippen LogP contribution in [-0.2, 0) is 12.6 Å². The molecule has 9 heteroatoms. The van der Waals surface area contributed by atoms with Crippen LogP contribution in [0.15, 0.2) is 42.9 Å². The Morgan fingerprint density at radius 1 is 1.13 bits per heavy atom. The van der Waals surface area contributed by atoms with Gasteiger partial charge in [0.25, 0.3) is 0 Å². The number of anilines is 3. The number of hydrogen-bond donors (Lipinski definition) is 3. The molecule has 0 radical (unpaired) electrons. The van der Waals surface area contributed by atoms with E-state index in [9.17, 15) is 0 Å². The molecule has 1 aliphatic carbocycles. The van der Waals surface area contributed by atoms with E-state index in [-0.39, 0.29) is 5.54 Å². The second-order valence-corrected chi connectivity index (χ2v) is 8.21. The predicted octanol–water partition coefficient (Wildman–Crippen LogP) is 2.99. The first kappa shape index (κ1) is 19.4. The van der Waals surface area contributed by atoms with Crippen LogP contribution in [0.4, 0.5) is 17.5 Å². The van der Waals surface area contributed by atoms with Crippen LogP contribution in [0.25, 0.3) is 22.2 Å². The number of hydrogen-bond acceptors (Lipinski definition) is 8. The number of aromatic nitrogens is 6. The third-order valence-corrected chi connectivity index (χ3v) is 6.25. The summed E-state index contributed by atoms with van der Waals surface area (Å²) in [7, 11) is 3.84. The Hall–Kier alpha value is -3.59. The van der Waals surface area contributed by atoms with Crippen LogP contribution in [0, 0.1) is 5.92 Å². The summed E-state index contributed by atoms with van der Waals surface area (Å²) in [5.74, 6) is 2.52. The molecule has 0 bridgehead atoms. The van der Waals surface area contributed by atoms with Crippen LogP contribution in [0.1, 0.15) is 25.3 Å². The van der Waals surface area contributed by atoms with Gasteiger partial charge in [-0.3, -0.25) is 0 Å². The molecule has 0 spiro atoms. The summed E-state index contributed by atoms with van der Waals surface area (Å²) >= 11 is 0. The molecule has 9 nitrogen and oxygen atoms in total. The Morgan fingerprint density at radius 3 is 2.65 bits per heavy atom. The molecule has 0 amide bonds. The molecule has 5 rings (SSSR count). The number of nitrogens with one attached hydrogen (secondary N) is 2. The highest BCUT2D eigenvalue weighted by Crippen LogP contribution is 2.45. The molecule has 4 N–H and O–H groups in total. The smallest absolute Gasteiger partial charge is 0.133 e. The lowest BCUT2D eigenvalue weighted by molar-refractivity contribution is 0.346. The van der Waals surface area contributed by atoms with E-state index in [2.05, 4.69) is 55.0 Å². The summed E-state index contributed by atoms with van der Waals surface area (Å²) in [5.41, 5.74) is 8.86. The van der Waals surface area contributed by atoms with Gasteiger partial charge in [0.1, 0.15) is 23.1 Å². The summed E-state index contributed by atoms with van der Waals surface area (Å²) in [5, 5.41) is 16.5. The SMILES string of the molecule is CN[C@@](C)(c1ccnc(Nc2cc3cc(-c4cnnn4C)nc(N)c3cn2)c1)C1CC1. The Balaban J connectivity index is 1.49. The lowest BCUT2D eigenvalue weighted by Gasteiger charge is -2.30. The van der Waals surface area contributed by atoms with Gasteiger partial charge in [-0.15, -0.1) is 5.10 Å². The zero-order valence-electron chi connectivity index (χ0n) is 17.8. The molecule has 31 heavy (non-hydrogen) atoms. The Bertz CT molecular complexity index is 1260. The zero-order valence-corrected chi connectivity index (χ0v) is 17.8. The minimum atomic E-state index is -0.0532. The number of nitrogens with zero attached hydrogens (tertiary/aromatic N) is 6. The average Bonchev–Trinajstić information content (AvgIpc) is 3.54. The van der Waals surface area contributed by atoms with Gasteiger partial charge in [0, 0.05) is 30.4 Å². The molecule has 158 valence electrons. The fraction of sp³-hybridized carbons (Fsp3) is 0.318. The van der Waals surface area contributed by atoms with Gasteiger partial charge in [-0.05, 0) is 67.9 Å². The fourth-order valence-electron chi connectivity index (χ4n) is 4.09. The summed E-state index contributed by atoms with van der Waals surface area (Å²) in [6, 6.07) is 8.09. The Labute approximate surface area is 180 Å². The van der Waals surface area contributed by atoms with Crippen molar-refractivity contribution in [1.29, 1.82) is 0 Å². The first-order chi connectivity index (χ1) is 15.0. The highest BCUT2D eigenvalue weighted by molar-refractivity contribution is 5.94. The van der Waals surface area contributed by atoms with E-state index >= 15 is 0 Å². The molecule has 4 heterocycles. The van der Waals surface area contributed by atoms with Crippen LogP contribution in [-0.4, -0.2) is 37.0 Å². The van der Waals surface area contributed by atoms with Gasteiger partial charge in [-0.25, -0.2) is 19.6 Å². The van der Waals surface area contributed by atoms with Crippen molar-refractivity contribution in [2.75, 3.05) is 18.1 Å². The summed E-state index contributed by atoms with van der Waals surface area (Å²) < 4.78 is 1.67. The summed E-state index contributed by atoms with van der Waals surface area (Å²) in [6.07, 6.45) is 7.74. The van der Waals surface area contributed by atoms with Crippen molar-refractivity contribution >= 4 is 28.2 Å². The van der Waals surface area contributed by atoms with Crippen molar-refractivity contribution in [3.63, 3.8) is 0 Å². The second kappa shape index (κ2) is 7.28. The molecule has 0 saturated heterocycles. The first-order valence-corrected chi connectivity index (χ1v) is 10.3. The maximum absolute atomic E-state index is 6.19. The largest absolute Gasteiger partial charge is 0.383 e. The number of pyridine rings is 3. The van der Waals surface area contributed by atoms with Crippen molar-refractivity contribution in [3.05, 3.63) is 48.4 Å². The van der Waals surface area contributed by atoms with Crippen molar-refractivity contribution in [1.82, 2.24) is 35.3 Å². The normalized spacial score (nSPS) is 15.7. The number of fused-ring (bicyclic) bond motifs is 1. The van der Waals surface area contributed by atoms with Crippen LogP contribution < -0.4 is 16.4 Å². The minimum absolute atomic E-state index is 0.0532. The van der Waals surface area contributed by atoms with E-state index in [0.29, 0.717) is 23.2 Å². The summed E-state index contributed by atoms with van der Waals surface area (Å²) in [4.78, 5) is 13.5. The van der Waals surface area contributed by atoms with Crippen molar-refractivity contribution in [3.8, 4) is 11.4 Å². The molecule has 0 aliphatic heterocycles. The van der Waals surface area contributed by atoms with Crippen molar-refractivity contribution in [2.45, 2.75) is 25.3 Å². The molecule has 1 saturated carbocycles. The third kappa shape index (κ3) is 3.46. The Morgan fingerprint density at radius 2 is 1.94 bits per heavy atom. The molecular formula is C22H25N9. The Kier molecular flexibility index (Phi) is 4.55. The fourth-order valence-corrected chi connectivity index (χ4v) is 4.09. The molecule has 1 aliphatic rings. The average molecular weight is 416 g/mol. The van der Waals surface area contributed by atoms with E-state index in [4.69, 9.17) is 5.73 Å². The van der Waals surface area contributed by atoms with Crippen LogP contribution >= 0.6 is 0 Å². The minimum Gasteiger partial charge on any atom is -0.383 e.